The van der Waals surface area contributed by atoms with Crippen LogP contribution in [0.2, 0.25) is 0 Å². The normalized spacial score (nSPS) is 11.4. The summed E-state index contributed by atoms with van der Waals surface area (Å²) in [5.74, 6) is 1.16. The number of H-pyrrole nitrogens is 2. The van der Waals surface area contributed by atoms with E-state index in [0.717, 1.165) is 22.0 Å². The number of fused-ring (bicyclic) bond motifs is 1. The minimum absolute atomic E-state index is 0.0783. The van der Waals surface area contributed by atoms with E-state index < -0.39 is 0 Å². The summed E-state index contributed by atoms with van der Waals surface area (Å²) in [5, 5.41) is 22.4. The lowest BCUT2D eigenvalue weighted by Gasteiger charge is -2.04. The average Bonchev–Trinajstić information content (AvgIpc) is 3.25. The van der Waals surface area contributed by atoms with Gasteiger partial charge in [0.05, 0.1) is 13.3 Å². The maximum Gasteiger partial charge on any atom is 0.216 e. The quantitative estimate of drug-likeness (QED) is 0.365. The van der Waals surface area contributed by atoms with E-state index >= 15 is 0 Å². The summed E-state index contributed by atoms with van der Waals surface area (Å²) in [4.78, 5) is 3.26. The van der Waals surface area contributed by atoms with Crippen LogP contribution in [0.5, 0.6) is 11.5 Å². The molecule has 27 heavy (non-hydrogen) atoms. The summed E-state index contributed by atoms with van der Waals surface area (Å²) in [5.41, 5.74) is 2.96. The van der Waals surface area contributed by atoms with Gasteiger partial charge in [-0.25, -0.2) is 0 Å². The molecular weight excluding hydrogens is 362 g/mol. The molecule has 0 amide bonds. The van der Waals surface area contributed by atoms with E-state index in [1.54, 1.807) is 29.1 Å². The molecule has 2 heterocycles. The fourth-order valence-electron chi connectivity index (χ4n) is 2.90. The molecule has 0 aliphatic rings. The highest BCUT2D eigenvalue weighted by Crippen LogP contribution is 2.25. The van der Waals surface area contributed by atoms with Gasteiger partial charge in [-0.05, 0) is 47.6 Å². The van der Waals surface area contributed by atoms with Crippen LogP contribution in [0, 0.1) is 4.77 Å². The van der Waals surface area contributed by atoms with Crippen LogP contribution in [-0.4, -0.2) is 38.3 Å². The van der Waals surface area contributed by atoms with Crippen LogP contribution in [-0.2, 0) is 6.42 Å². The van der Waals surface area contributed by atoms with Gasteiger partial charge >= 0.3 is 0 Å². The SMILES string of the molecule is COc1cc(C=Nn2c(Cc3c[nH]c4ccccc34)n[nH]c2=S)ccc1O. The van der Waals surface area contributed by atoms with Gasteiger partial charge in [0.15, 0.2) is 17.3 Å². The zero-order valence-corrected chi connectivity index (χ0v) is 15.3. The number of nitrogens with zero attached hydrogens (tertiary/aromatic N) is 3. The summed E-state index contributed by atoms with van der Waals surface area (Å²) in [6.07, 6.45) is 4.20. The Bertz CT molecular complexity index is 1190. The maximum absolute atomic E-state index is 9.70. The van der Waals surface area contributed by atoms with Crippen molar-refractivity contribution >= 4 is 29.3 Å². The Labute approximate surface area is 159 Å². The minimum atomic E-state index is 0.0783. The number of aromatic hydroxyl groups is 1. The van der Waals surface area contributed by atoms with Crippen LogP contribution in [0.1, 0.15) is 17.0 Å². The number of para-hydroxylation sites is 1. The van der Waals surface area contributed by atoms with Crippen molar-refractivity contribution in [2.45, 2.75) is 6.42 Å². The van der Waals surface area contributed by atoms with Crippen molar-refractivity contribution in [1.82, 2.24) is 19.9 Å². The molecule has 4 aromatic rings. The van der Waals surface area contributed by atoms with Gasteiger partial charge in [0.25, 0.3) is 0 Å². The standard InChI is InChI=1S/C19H17N5O2S/c1-26-17-8-12(6-7-16(17)25)10-21-24-18(22-23-19(24)27)9-13-11-20-15-5-3-2-4-14(13)15/h2-8,10-11,20,25H,9H2,1H3,(H,23,27). The highest BCUT2D eigenvalue weighted by Gasteiger charge is 2.10. The smallest absolute Gasteiger partial charge is 0.216 e. The zero-order chi connectivity index (χ0) is 18.8. The number of phenols is 1. The maximum atomic E-state index is 9.70. The molecule has 0 atom stereocenters. The van der Waals surface area contributed by atoms with Gasteiger partial charge in [-0.1, -0.05) is 18.2 Å². The Balaban J connectivity index is 1.65. The Hall–Kier alpha value is -3.39. The number of aromatic nitrogens is 4. The number of aromatic amines is 2. The molecule has 2 aromatic heterocycles. The van der Waals surface area contributed by atoms with Gasteiger partial charge in [0.1, 0.15) is 0 Å². The third-order valence-electron chi connectivity index (χ3n) is 4.27. The minimum Gasteiger partial charge on any atom is -0.504 e. The topological polar surface area (TPSA) is 91.2 Å². The van der Waals surface area contributed by atoms with Gasteiger partial charge in [0.2, 0.25) is 4.77 Å². The molecular formula is C19H17N5O2S. The van der Waals surface area contributed by atoms with Crippen LogP contribution in [0.3, 0.4) is 0 Å². The summed E-state index contributed by atoms with van der Waals surface area (Å²) in [6, 6.07) is 13.1. The summed E-state index contributed by atoms with van der Waals surface area (Å²) in [6.45, 7) is 0. The molecule has 0 saturated carbocycles. The summed E-state index contributed by atoms with van der Waals surface area (Å²) in [7, 11) is 1.50. The van der Waals surface area contributed by atoms with Gasteiger partial charge in [-0.2, -0.15) is 14.9 Å². The van der Waals surface area contributed by atoms with Gasteiger partial charge in [0, 0.05) is 23.5 Å². The monoisotopic (exact) mass is 379 g/mol. The number of hydrogen-bond donors (Lipinski definition) is 3. The highest BCUT2D eigenvalue weighted by atomic mass is 32.1. The molecule has 0 bridgehead atoms. The second-order valence-electron chi connectivity index (χ2n) is 5.97. The Morgan fingerprint density at radius 2 is 2.15 bits per heavy atom. The molecule has 2 aromatic carbocycles. The number of benzene rings is 2. The number of phenolic OH excluding ortho intramolecular Hbond substituents is 1. The first-order valence-electron chi connectivity index (χ1n) is 8.28. The molecule has 0 unspecified atom stereocenters. The first-order chi connectivity index (χ1) is 13.2. The Morgan fingerprint density at radius 3 is 3.00 bits per heavy atom. The molecule has 0 saturated heterocycles. The lowest BCUT2D eigenvalue weighted by atomic mass is 10.1. The van der Waals surface area contributed by atoms with Crippen LogP contribution in [0.15, 0.2) is 53.8 Å². The van der Waals surface area contributed by atoms with Gasteiger partial charge < -0.3 is 14.8 Å². The second kappa shape index (κ2) is 7.08. The second-order valence-corrected chi connectivity index (χ2v) is 6.36. The third kappa shape index (κ3) is 3.34. The van der Waals surface area contributed by atoms with Crippen molar-refractivity contribution in [3.8, 4) is 11.5 Å². The number of ether oxygens (including phenoxy) is 1. The lowest BCUT2D eigenvalue weighted by molar-refractivity contribution is 0.373. The fraction of sp³-hybridized carbons (Fsp3) is 0.105. The van der Waals surface area contributed by atoms with E-state index in [-0.39, 0.29) is 5.75 Å². The van der Waals surface area contributed by atoms with Crippen molar-refractivity contribution in [2.75, 3.05) is 7.11 Å². The van der Waals surface area contributed by atoms with Gasteiger partial charge in [-0.3, -0.25) is 5.10 Å². The molecule has 4 rings (SSSR count). The molecule has 8 heteroatoms. The van der Waals surface area contributed by atoms with Crippen molar-refractivity contribution in [3.63, 3.8) is 0 Å². The molecule has 3 N–H and O–H groups in total. The summed E-state index contributed by atoms with van der Waals surface area (Å²) < 4.78 is 7.12. The van der Waals surface area contributed by atoms with Crippen molar-refractivity contribution in [3.05, 3.63) is 70.4 Å². The number of methoxy groups -OCH3 is 1. The Kier molecular flexibility index (Phi) is 4.47. The number of rotatable bonds is 5. The van der Waals surface area contributed by atoms with E-state index in [9.17, 15) is 5.11 Å². The molecule has 136 valence electrons. The fourth-order valence-corrected chi connectivity index (χ4v) is 3.10. The van der Waals surface area contributed by atoms with E-state index in [1.807, 2.05) is 24.4 Å². The van der Waals surface area contributed by atoms with E-state index in [1.165, 1.54) is 7.11 Å². The van der Waals surface area contributed by atoms with Gasteiger partial charge in [-0.15, -0.1) is 0 Å². The predicted molar refractivity (Wildman–Crippen MR) is 106 cm³/mol. The molecule has 0 aliphatic carbocycles. The third-order valence-corrected chi connectivity index (χ3v) is 4.53. The van der Waals surface area contributed by atoms with Crippen LogP contribution >= 0.6 is 12.2 Å². The van der Waals surface area contributed by atoms with E-state index in [0.29, 0.717) is 22.8 Å². The van der Waals surface area contributed by atoms with E-state index in [4.69, 9.17) is 17.0 Å². The average molecular weight is 379 g/mol. The van der Waals surface area contributed by atoms with Crippen LogP contribution in [0.4, 0.5) is 0 Å². The number of nitrogens with one attached hydrogen (secondary N) is 2. The molecule has 7 nitrogen and oxygen atoms in total. The largest absolute Gasteiger partial charge is 0.504 e. The van der Waals surface area contributed by atoms with Crippen molar-refractivity contribution in [2.24, 2.45) is 5.10 Å². The van der Waals surface area contributed by atoms with Crippen molar-refractivity contribution < 1.29 is 9.84 Å². The number of hydrogen-bond acceptors (Lipinski definition) is 5. The first kappa shape index (κ1) is 17.0. The molecule has 0 spiro atoms. The predicted octanol–water partition coefficient (Wildman–Crippen LogP) is 3.61. The Morgan fingerprint density at radius 1 is 1.30 bits per heavy atom. The van der Waals surface area contributed by atoms with Crippen LogP contribution < -0.4 is 4.74 Å². The summed E-state index contributed by atoms with van der Waals surface area (Å²) >= 11 is 5.31. The zero-order valence-electron chi connectivity index (χ0n) is 14.5. The van der Waals surface area contributed by atoms with Crippen LogP contribution in [0.25, 0.3) is 10.9 Å². The molecule has 0 fully saturated rings. The highest BCUT2D eigenvalue weighted by molar-refractivity contribution is 7.71. The molecule has 0 aliphatic heterocycles. The molecule has 0 radical (unpaired) electrons. The van der Waals surface area contributed by atoms with Crippen molar-refractivity contribution in [1.29, 1.82) is 0 Å². The van der Waals surface area contributed by atoms with E-state index in [2.05, 4.69) is 26.3 Å². The lowest BCUT2D eigenvalue weighted by Crippen LogP contribution is -2.00. The first-order valence-corrected chi connectivity index (χ1v) is 8.69.